The van der Waals surface area contributed by atoms with Crippen LogP contribution in [0.4, 0.5) is 0 Å². The van der Waals surface area contributed by atoms with E-state index in [4.69, 9.17) is 12.2 Å². The van der Waals surface area contributed by atoms with Gasteiger partial charge in [-0.15, -0.1) is 0 Å². The largest absolute Gasteiger partial charge is 0.319 e. The SMILES string of the molecule is CC1(n2ccc(=O)[nH]c2=S)CCCCC1. The average molecular weight is 224 g/mol. The van der Waals surface area contributed by atoms with E-state index in [1.807, 2.05) is 10.8 Å². The van der Waals surface area contributed by atoms with Crippen LogP contribution in [0.15, 0.2) is 17.1 Å². The molecule has 82 valence electrons. The molecule has 1 aliphatic carbocycles. The molecule has 4 heteroatoms. The third-order valence-corrected chi connectivity index (χ3v) is 3.63. The maximum Gasteiger partial charge on any atom is 0.251 e. The van der Waals surface area contributed by atoms with Crippen molar-refractivity contribution in [1.29, 1.82) is 0 Å². The molecule has 1 heterocycles. The average Bonchev–Trinajstić information content (AvgIpc) is 2.18. The molecule has 1 aromatic heterocycles. The lowest BCUT2D eigenvalue weighted by molar-refractivity contribution is 0.213. The first-order chi connectivity index (χ1) is 7.12. The van der Waals surface area contributed by atoms with Gasteiger partial charge in [-0.1, -0.05) is 19.3 Å². The second-order valence-corrected chi connectivity index (χ2v) is 4.92. The Balaban J connectivity index is 2.43. The van der Waals surface area contributed by atoms with Gasteiger partial charge in [0.25, 0.3) is 5.56 Å². The second-order valence-electron chi connectivity index (χ2n) is 4.54. The number of rotatable bonds is 1. The number of H-pyrrole nitrogens is 1. The summed E-state index contributed by atoms with van der Waals surface area (Å²) in [5, 5.41) is 0. The lowest BCUT2D eigenvalue weighted by Crippen LogP contribution is -2.34. The third-order valence-electron chi connectivity index (χ3n) is 3.34. The number of nitrogens with zero attached hydrogens (tertiary/aromatic N) is 1. The monoisotopic (exact) mass is 224 g/mol. The van der Waals surface area contributed by atoms with Crippen molar-refractivity contribution in [3.8, 4) is 0 Å². The standard InChI is InChI=1S/C11H16N2OS/c1-11(6-3-2-4-7-11)13-8-5-9(14)12-10(13)15/h5,8H,2-4,6-7H2,1H3,(H,12,14,15). The summed E-state index contributed by atoms with van der Waals surface area (Å²) in [6.07, 6.45) is 7.92. The van der Waals surface area contributed by atoms with Crippen LogP contribution in [-0.2, 0) is 5.54 Å². The lowest BCUT2D eigenvalue weighted by atomic mass is 9.83. The van der Waals surface area contributed by atoms with Crippen molar-refractivity contribution in [2.45, 2.75) is 44.6 Å². The predicted molar refractivity (Wildman–Crippen MR) is 62.6 cm³/mol. The summed E-state index contributed by atoms with van der Waals surface area (Å²) in [6.45, 7) is 2.22. The van der Waals surface area contributed by atoms with Gasteiger partial charge in [-0.3, -0.25) is 9.78 Å². The highest BCUT2D eigenvalue weighted by Crippen LogP contribution is 2.33. The summed E-state index contributed by atoms with van der Waals surface area (Å²) in [5.41, 5.74) is -0.0184. The summed E-state index contributed by atoms with van der Waals surface area (Å²) in [5.74, 6) is 0. The van der Waals surface area contributed by atoms with Crippen molar-refractivity contribution in [3.05, 3.63) is 27.4 Å². The summed E-state index contributed by atoms with van der Waals surface area (Å²) in [7, 11) is 0. The molecular formula is C11H16N2OS. The van der Waals surface area contributed by atoms with Gasteiger partial charge in [-0.2, -0.15) is 0 Å². The number of aromatic nitrogens is 2. The molecular weight excluding hydrogens is 208 g/mol. The second kappa shape index (κ2) is 3.93. The molecule has 0 radical (unpaired) electrons. The zero-order valence-corrected chi connectivity index (χ0v) is 9.77. The molecule has 0 aliphatic heterocycles. The van der Waals surface area contributed by atoms with Gasteiger partial charge in [0.15, 0.2) is 4.77 Å². The minimum atomic E-state index is -0.115. The smallest absolute Gasteiger partial charge is 0.251 e. The summed E-state index contributed by atoms with van der Waals surface area (Å²) in [4.78, 5) is 13.8. The van der Waals surface area contributed by atoms with Gasteiger partial charge in [0, 0.05) is 17.8 Å². The molecule has 0 amide bonds. The van der Waals surface area contributed by atoms with E-state index in [0.29, 0.717) is 4.77 Å². The van der Waals surface area contributed by atoms with Crippen LogP contribution >= 0.6 is 12.2 Å². The van der Waals surface area contributed by atoms with Crippen molar-refractivity contribution >= 4 is 12.2 Å². The Morgan fingerprint density at radius 1 is 1.40 bits per heavy atom. The quantitative estimate of drug-likeness (QED) is 0.744. The van der Waals surface area contributed by atoms with E-state index < -0.39 is 0 Å². The molecule has 0 spiro atoms. The van der Waals surface area contributed by atoms with Crippen LogP contribution in [-0.4, -0.2) is 9.55 Å². The summed E-state index contributed by atoms with van der Waals surface area (Å²) < 4.78 is 2.59. The van der Waals surface area contributed by atoms with E-state index in [9.17, 15) is 4.79 Å². The van der Waals surface area contributed by atoms with E-state index in [-0.39, 0.29) is 11.1 Å². The maximum atomic E-state index is 11.1. The predicted octanol–water partition coefficient (Wildman–Crippen LogP) is 2.59. The highest BCUT2D eigenvalue weighted by atomic mass is 32.1. The first-order valence-corrected chi connectivity index (χ1v) is 5.85. The van der Waals surface area contributed by atoms with Crippen LogP contribution in [0.25, 0.3) is 0 Å². The van der Waals surface area contributed by atoms with Crippen LogP contribution in [0, 0.1) is 4.77 Å². The first-order valence-electron chi connectivity index (χ1n) is 5.44. The Hall–Kier alpha value is -0.900. The molecule has 1 N–H and O–H groups in total. The molecule has 15 heavy (non-hydrogen) atoms. The van der Waals surface area contributed by atoms with E-state index in [1.165, 1.54) is 19.3 Å². The highest BCUT2D eigenvalue weighted by Gasteiger charge is 2.28. The van der Waals surface area contributed by atoms with Crippen LogP contribution in [0.1, 0.15) is 39.0 Å². The summed E-state index contributed by atoms with van der Waals surface area (Å²) in [6, 6.07) is 1.55. The molecule has 0 bridgehead atoms. The van der Waals surface area contributed by atoms with E-state index in [1.54, 1.807) is 6.07 Å². The minimum absolute atomic E-state index is 0.0968. The van der Waals surface area contributed by atoms with Crippen LogP contribution in [0.5, 0.6) is 0 Å². The number of hydrogen-bond acceptors (Lipinski definition) is 2. The van der Waals surface area contributed by atoms with Gasteiger partial charge >= 0.3 is 0 Å². The minimum Gasteiger partial charge on any atom is -0.319 e. The Bertz CT molecular complexity index is 454. The number of nitrogens with one attached hydrogen (secondary N) is 1. The molecule has 0 saturated heterocycles. The fraction of sp³-hybridized carbons (Fsp3) is 0.636. The van der Waals surface area contributed by atoms with Crippen LogP contribution < -0.4 is 5.56 Å². The van der Waals surface area contributed by atoms with Gasteiger partial charge in [-0.25, -0.2) is 0 Å². The van der Waals surface area contributed by atoms with Crippen LogP contribution in [0.3, 0.4) is 0 Å². The van der Waals surface area contributed by atoms with Crippen molar-refractivity contribution in [3.63, 3.8) is 0 Å². The number of hydrogen-bond donors (Lipinski definition) is 1. The van der Waals surface area contributed by atoms with Crippen molar-refractivity contribution in [2.24, 2.45) is 0 Å². The molecule has 2 rings (SSSR count). The maximum absolute atomic E-state index is 11.1. The zero-order valence-electron chi connectivity index (χ0n) is 8.95. The molecule has 0 unspecified atom stereocenters. The Kier molecular flexibility index (Phi) is 2.78. The third kappa shape index (κ3) is 2.04. The highest BCUT2D eigenvalue weighted by molar-refractivity contribution is 7.71. The van der Waals surface area contributed by atoms with Gasteiger partial charge in [0.05, 0.1) is 0 Å². The molecule has 3 nitrogen and oxygen atoms in total. The van der Waals surface area contributed by atoms with Crippen LogP contribution in [0.2, 0.25) is 0 Å². The molecule has 1 aromatic rings. The van der Waals surface area contributed by atoms with E-state index >= 15 is 0 Å². The van der Waals surface area contributed by atoms with Crippen molar-refractivity contribution in [1.82, 2.24) is 9.55 Å². The van der Waals surface area contributed by atoms with Gasteiger partial charge in [0.2, 0.25) is 0 Å². The number of aromatic amines is 1. The fourth-order valence-electron chi connectivity index (χ4n) is 2.40. The Morgan fingerprint density at radius 2 is 2.07 bits per heavy atom. The summed E-state index contributed by atoms with van der Waals surface area (Å²) >= 11 is 5.20. The Morgan fingerprint density at radius 3 is 2.67 bits per heavy atom. The first kappa shape index (κ1) is 10.6. The normalized spacial score (nSPS) is 20.1. The molecule has 1 saturated carbocycles. The zero-order chi connectivity index (χ0) is 10.9. The molecule has 0 atom stereocenters. The fourth-order valence-corrected chi connectivity index (χ4v) is 2.78. The van der Waals surface area contributed by atoms with Crippen molar-refractivity contribution in [2.75, 3.05) is 0 Å². The van der Waals surface area contributed by atoms with Gasteiger partial charge in [0.1, 0.15) is 0 Å². The van der Waals surface area contributed by atoms with Crippen molar-refractivity contribution < 1.29 is 0 Å². The Labute approximate surface area is 94.1 Å². The van der Waals surface area contributed by atoms with Gasteiger partial charge < -0.3 is 4.57 Å². The van der Waals surface area contributed by atoms with E-state index in [2.05, 4.69) is 11.9 Å². The van der Waals surface area contributed by atoms with E-state index in [0.717, 1.165) is 12.8 Å². The molecule has 1 aliphatic rings. The molecule has 1 fully saturated rings. The lowest BCUT2D eigenvalue weighted by Gasteiger charge is -2.35. The van der Waals surface area contributed by atoms with Gasteiger partial charge in [-0.05, 0) is 32.0 Å². The topological polar surface area (TPSA) is 37.8 Å². The molecule has 0 aromatic carbocycles.